The van der Waals surface area contributed by atoms with Gasteiger partial charge >= 0.3 is 5.97 Å². The Morgan fingerprint density at radius 3 is 2.52 bits per heavy atom. The monoisotopic (exact) mass is 359 g/mol. The number of nitrogens with one attached hydrogen (secondary N) is 2. The first-order valence-corrected chi connectivity index (χ1v) is 8.48. The zero-order valence-corrected chi connectivity index (χ0v) is 14.7. The van der Waals surface area contributed by atoms with Gasteiger partial charge in [-0.05, 0) is 29.0 Å². The Balaban J connectivity index is 1.65. The summed E-state index contributed by atoms with van der Waals surface area (Å²) in [7, 11) is 1.32. The summed E-state index contributed by atoms with van der Waals surface area (Å²) in [4.78, 5) is 24.8. The summed E-state index contributed by atoms with van der Waals surface area (Å²) >= 11 is 0. The number of amides is 1. The average Bonchev–Trinajstić information content (AvgIpc) is 3.09. The van der Waals surface area contributed by atoms with E-state index in [2.05, 4.69) is 15.5 Å². The Hall–Kier alpha value is -3.67. The number of hydrogen-bond acceptors (Lipinski definition) is 4. The van der Waals surface area contributed by atoms with Gasteiger partial charge in [0.05, 0.1) is 36.0 Å². The number of rotatable bonds is 4. The molecule has 6 heteroatoms. The van der Waals surface area contributed by atoms with Crippen molar-refractivity contribution in [3.63, 3.8) is 0 Å². The molecular formula is C21H17N3O3. The predicted molar refractivity (Wildman–Crippen MR) is 104 cm³/mol. The second kappa shape index (κ2) is 6.92. The van der Waals surface area contributed by atoms with Gasteiger partial charge < -0.3 is 10.1 Å². The summed E-state index contributed by atoms with van der Waals surface area (Å²) in [6.45, 7) is 0. The van der Waals surface area contributed by atoms with Crippen LogP contribution in [0.1, 0.15) is 16.1 Å². The molecule has 4 aromatic rings. The average molecular weight is 359 g/mol. The number of benzene rings is 3. The van der Waals surface area contributed by atoms with Crippen molar-refractivity contribution in [3.8, 4) is 0 Å². The number of methoxy groups -OCH3 is 1. The van der Waals surface area contributed by atoms with Gasteiger partial charge in [0.15, 0.2) is 0 Å². The molecule has 6 nitrogen and oxygen atoms in total. The third kappa shape index (κ3) is 3.25. The number of hydrogen-bond donors (Lipinski definition) is 2. The van der Waals surface area contributed by atoms with Crippen LogP contribution in [0.2, 0.25) is 0 Å². The van der Waals surface area contributed by atoms with E-state index < -0.39 is 5.97 Å². The van der Waals surface area contributed by atoms with Crippen molar-refractivity contribution >= 4 is 39.2 Å². The van der Waals surface area contributed by atoms with E-state index in [4.69, 9.17) is 4.74 Å². The highest BCUT2D eigenvalue weighted by Crippen LogP contribution is 2.25. The topological polar surface area (TPSA) is 84.1 Å². The van der Waals surface area contributed by atoms with Crippen LogP contribution in [-0.4, -0.2) is 29.2 Å². The van der Waals surface area contributed by atoms with Gasteiger partial charge in [0.25, 0.3) is 0 Å². The molecule has 2 N–H and O–H groups in total. The van der Waals surface area contributed by atoms with Crippen LogP contribution in [0.4, 0.5) is 5.69 Å². The summed E-state index contributed by atoms with van der Waals surface area (Å²) in [5.41, 5.74) is 2.28. The van der Waals surface area contributed by atoms with Gasteiger partial charge in [-0.2, -0.15) is 5.10 Å². The molecule has 4 rings (SSSR count). The second-order valence-corrected chi connectivity index (χ2v) is 6.18. The van der Waals surface area contributed by atoms with Gasteiger partial charge in [-0.15, -0.1) is 0 Å². The molecule has 0 radical (unpaired) electrons. The van der Waals surface area contributed by atoms with E-state index >= 15 is 0 Å². The van der Waals surface area contributed by atoms with E-state index in [1.54, 1.807) is 12.1 Å². The molecule has 1 aromatic heterocycles. The fourth-order valence-electron chi connectivity index (χ4n) is 3.13. The van der Waals surface area contributed by atoms with Gasteiger partial charge in [-0.3, -0.25) is 9.89 Å². The summed E-state index contributed by atoms with van der Waals surface area (Å²) in [6, 6.07) is 18.7. The lowest BCUT2D eigenvalue weighted by molar-refractivity contribution is -0.115. The number of aromatic amines is 1. The van der Waals surface area contributed by atoms with Gasteiger partial charge in [0, 0.05) is 5.39 Å². The smallest absolute Gasteiger partial charge is 0.339 e. The lowest BCUT2D eigenvalue weighted by atomic mass is 10.0. The fourth-order valence-corrected chi connectivity index (χ4v) is 3.13. The third-order valence-electron chi connectivity index (χ3n) is 4.44. The predicted octanol–water partition coefficient (Wildman–Crippen LogP) is 3.68. The van der Waals surface area contributed by atoms with E-state index in [1.165, 1.54) is 7.11 Å². The SMILES string of the molecule is COC(=O)c1cc2ccccc2cc1NC(=O)Cc1[nH]nc2ccccc12. The Morgan fingerprint density at radius 2 is 1.74 bits per heavy atom. The lowest BCUT2D eigenvalue weighted by Crippen LogP contribution is -2.17. The van der Waals surface area contributed by atoms with Crippen molar-refractivity contribution < 1.29 is 14.3 Å². The zero-order chi connectivity index (χ0) is 18.8. The molecule has 0 spiro atoms. The Kier molecular flexibility index (Phi) is 4.30. The molecule has 0 bridgehead atoms. The summed E-state index contributed by atoms with van der Waals surface area (Å²) < 4.78 is 4.86. The summed E-state index contributed by atoms with van der Waals surface area (Å²) in [5, 5.41) is 12.7. The number of anilines is 1. The van der Waals surface area contributed by atoms with Crippen molar-refractivity contribution in [2.24, 2.45) is 0 Å². The normalized spacial score (nSPS) is 10.9. The Labute approximate surface area is 155 Å². The molecule has 0 aliphatic heterocycles. The summed E-state index contributed by atoms with van der Waals surface area (Å²) in [6.07, 6.45) is 0.119. The van der Waals surface area contributed by atoms with Crippen molar-refractivity contribution in [2.45, 2.75) is 6.42 Å². The van der Waals surface area contributed by atoms with E-state index in [1.807, 2.05) is 48.5 Å². The van der Waals surface area contributed by atoms with Gasteiger partial charge in [-0.25, -0.2) is 4.79 Å². The van der Waals surface area contributed by atoms with E-state index in [-0.39, 0.29) is 12.3 Å². The van der Waals surface area contributed by atoms with Crippen LogP contribution in [-0.2, 0) is 16.0 Å². The first-order chi connectivity index (χ1) is 13.2. The highest BCUT2D eigenvalue weighted by atomic mass is 16.5. The third-order valence-corrected chi connectivity index (χ3v) is 4.44. The molecule has 1 heterocycles. The Morgan fingerprint density at radius 1 is 1.04 bits per heavy atom. The van der Waals surface area contributed by atoms with E-state index in [9.17, 15) is 9.59 Å². The van der Waals surface area contributed by atoms with Crippen LogP contribution in [0.3, 0.4) is 0 Å². The number of fused-ring (bicyclic) bond motifs is 2. The van der Waals surface area contributed by atoms with Crippen molar-refractivity contribution in [3.05, 3.63) is 71.9 Å². The molecular weight excluding hydrogens is 342 g/mol. The minimum absolute atomic E-state index is 0.119. The molecule has 0 unspecified atom stereocenters. The highest BCUT2D eigenvalue weighted by molar-refractivity contribution is 6.06. The van der Waals surface area contributed by atoms with Crippen molar-refractivity contribution in [1.29, 1.82) is 0 Å². The van der Waals surface area contributed by atoms with Gasteiger partial charge in [0.1, 0.15) is 0 Å². The first-order valence-electron chi connectivity index (χ1n) is 8.48. The minimum atomic E-state index is -0.497. The maximum absolute atomic E-state index is 12.6. The molecule has 0 fully saturated rings. The number of carbonyl (C=O) groups excluding carboxylic acids is 2. The number of esters is 1. The van der Waals surface area contributed by atoms with Crippen molar-refractivity contribution in [2.75, 3.05) is 12.4 Å². The van der Waals surface area contributed by atoms with Crippen LogP contribution >= 0.6 is 0 Å². The van der Waals surface area contributed by atoms with Crippen LogP contribution in [0.15, 0.2) is 60.7 Å². The number of nitrogens with zero attached hydrogens (tertiary/aromatic N) is 1. The maximum atomic E-state index is 12.6. The molecule has 1 amide bonds. The molecule has 0 atom stereocenters. The lowest BCUT2D eigenvalue weighted by Gasteiger charge is -2.11. The zero-order valence-electron chi connectivity index (χ0n) is 14.7. The minimum Gasteiger partial charge on any atom is -0.465 e. The Bertz CT molecular complexity index is 1160. The van der Waals surface area contributed by atoms with Crippen LogP contribution < -0.4 is 5.32 Å². The second-order valence-electron chi connectivity index (χ2n) is 6.18. The van der Waals surface area contributed by atoms with Crippen LogP contribution in [0.5, 0.6) is 0 Å². The number of para-hydroxylation sites is 1. The van der Waals surface area contributed by atoms with Crippen molar-refractivity contribution in [1.82, 2.24) is 10.2 Å². The van der Waals surface area contributed by atoms with Gasteiger partial charge in [0.2, 0.25) is 5.91 Å². The molecule has 27 heavy (non-hydrogen) atoms. The number of carbonyl (C=O) groups is 2. The quantitative estimate of drug-likeness (QED) is 0.544. The van der Waals surface area contributed by atoms with E-state index in [0.29, 0.717) is 11.3 Å². The number of ether oxygens (including phenoxy) is 1. The number of H-pyrrole nitrogens is 1. The van der Waals surface area contributed by atoms with Gasteiger partial charge in [-0.1, -0.05) is 42.5 Å². The van der Waals surface area contributed by atoms with Crippen LogP contribution in [0.25, 0.3) is 21.7 Å². The largest absolute Gasteiger partial charge is 0.465 e. The first kappa shape index (κ1) is 16.8. The fraction of sp³-hybridized carbons (Fsp3) is 0.0952. The molecule has 0 saturated carbocycles. The molecule has 0 aliphatic rings. The van der Waals surface area contributed by atoms with Crippen LogP contribution in [0, 0.1) is 0 Å². The molecule has 0 saturated heterocycles. The summed E-state index contributed by atoms with van der Waals surface area (Å²) in [5.74, 6) is -0.743. The molecule has 3 aromatic carbocycles. The maximum Gasteiger partial charge on any atom is 0.339 e. The highest BCUT2D eigenvalue weighted by Gasteiger charge is 2.17. The molecule has 134 valence electrons. The van der Waals surface area contributed by atoms with E-state index in [0.717, 1.165) is 27.4 Å². The number of aromatic nitrogens is 2. The standard InChI is InChI=1S/C21H17N3O3/c1-27-21(26)16-10-13-6-2-3-7-14(13)11-18(16)22-20(25)12-19-15-8-4-5-9-17(15)23-24-19/h2-11H,12H2,1H3,(H,22,25)(H,23,24). The molecule has 0 aliphatic carbocycles.